The number of hydrogen-bond acceptors (Lipinski definition) is 7. The predicted molar refractivity (Wildman–Crippen MR) is 105 cm³/mol. The van der Waals surface area contributed by atoms with Crippen LogP contribution in [0.5, 0.6) is 0 Å². The monoisotopic (exact) mass is 377 g/mol. The summed E-state index contributed by atoms with van der Waals surface area (Å²) in [6.07, 6.45) is 5.88. The second-order valence-electron chi connectivity index (χ2n) is 5.80. The summed E-state index contributed by atoms with van der Waals surface area (Å²) >= 11 is 1.76. The van der Waals surface area contributed by atoms with Gasteiger partial charge in [0.05, 0.1) is 5.69 Å². The number of fused-ring (bicyclic) bond motifs is 3. The van der Waals surface area contributed by atoms with Crippen LogP contribution in [0, 0.1) is 0 Å². The molecule has 0 bridgehead atoms. The van der Waals surface area contributed by atoms with Crippen molar-refractivity contribution in [3.8, 4) is 11.1 Å². The van der Waals surface area contributed by atoms with E-state index in [1.165, 1.54) is 0 Å². The van der Waals surface area contributed by atoms with Crippen molar-refractivity contribution < 1.29 is 14.4 Å². The molecule has 0 radical (unpaired) electrons. The van der Waals surface area contributed by atoms with Crippen LogP contribution in [0.4, 0.5) is 17.1 Å². The zero-order valence-corrected chi connectivity index (χ0v) is 15.4. The van der Waals surface area contributed by atoms with Crippen LogP contribution in [0.2, 0.25) is 0 Å². The van der Waals surface area contributed by atoms with Gasteiger partial charge in [-0.1, -0.05) is 19.1 Å². The van der Waals surface area contributed by atoms with Gasteiger partial charge in [-0.15, -0.1) is 0 Å². The SMILES string of the molecule is CCSCCc1cc2c(c(N=C=O)c1N=C=O)Cc1cccc(N=C=O)c1-2. The number of benzene rings is 2. The smallest absolute Gasteiger partial charge is 0.211 e. The number of thioether (sulfide) groups is 1. The van der Waals surface area contributed by atoms with E-state index in [0.717, 1.165) is 39.3 Å². The summed E-state index contributed by atoms with van der Waals surface area (Å²) in [5.41, 5.74) is 5.40. The van der Waals surface area contributed by atoms with Gasteiger partial charge in [-0.3, -0.25) is 0 Å². The van der Waals surface area contributed by atoms with Gasteiger partial charge in [-0.05, 0) is 52.3 Å². The normalized spacial score (nSPS) is 10.9. The predicted octanol–water partition coefficient (Wildman–Crippen LogP) is 4.46. The summed E-state index contributed by atoms with van der Waals surface area (Å²) in [5.74, 6) is 1.81. The van der Waals surface area contributed by atoms with Crippen LogP contribution in [0.25, 0.3) is 11.1 Å². The third kappa shape index (κ3) is 3.59. The van der Waals surface area contributed by atoms with Crippen molar-refractivity contribution >= 4 is 47.1 Å². The first-order valence-corrected chi connectivity index (χ1v) is 9.53. The Morgan fingerprint density at radius 3 is 2.48 bits per heavy atom. The van der Waals surface area contributed by atoms with E-state index in [4.69, 9.17) is 0 Å². The Labute approximate surface area is 160 Å². The second kappa shape index (κ2) is 8.54. The Kier molecular flexibility index (Phi) is 5.92. The Balaban J connectivity index is 2.29. The van der Waals surface area contributed by atoms with E-state index in [9.17, 15) is 14.4 Å². The van der Waals surface area contributed by atoms with Crippen LogP contribution in [-0.4, -0.2) is 29.7 Å². The van der Waals surface area contributed by atoms with Crippen molar-refractivity contribution in [1.82, 2.24) is 0 Å². The largest absolute Gasteiger partial charge is 0.240 e. The minimum absolute atomic E-state index is 0.333. The molecule has 0 aromatic heterocycles. The van der Waals surface area contributed by atoms with Gasteiger partial charge in [-0.25, -0.2) is 14.4 Å². The molecule has 2 aromatic carbocycles. The highest BCUT2D eigenvalue weighted by Gasteiger charge is 2.27. The molecule has 0 unspecified atom stereocenters. The average molecular weight is 377 g/mol. The van der Waals surface area contributed by atoms with E-state index in [1.807, 2.05) is 18.2 Å². The van der Waals surface area contributed by atoms with E-state index in [0.29, 0.717) is 29.9 Å². The van der Waals surface area contributed by atoms with E-state index in [2.05, 4.69) is 21.9 Å². The van der Waals surface area contributed by atoms with Crippen molar-refractivity contribution in [2.75, 3.05) is 11.5 Å². The fourth-order valence-electron chi connectivity index (χ4n) is 3.39. The Hall–Kier alpha value is -3.07. The van der Waals surface area contributed by atoms with Gasteiger partial charge in [0.25, 0.3) is 0 Å². The van der Waals surface area contributed by atoms with Gasteiger partial charge in [0.2, 0.25) is 18.2 Å². The quantitative estimate of drug-likeness (QED) is 0.345. The molecule has 0 atom stereocenters. The van der Waals surface area contributed by atoms with Crippen LogP contribution in [0.3, 0.4) is 0 Å². The molecule has 0 saturated carbocycles. The van der Waals surface area contributed by atoms with Crippen molar-refractivity contribution in [2.45, 2.75) is 19.8 Å². The molecule has 0 amide bonds. The minimum Gasteiger partial charge on any atom is -0.211 e. The maximum atomic E-state index is 11.0. The topological polar surface area (TPSA) is 88.3 Å². The van der Waals surface area contributed by atoms with Crippen molar-refractivity contribution in [3.05, 3.63) is 41.0 Å². The van der Waals surface area contributed by atoms with Gasteiger partial charge in [-0.2, -0.15) is 26.7 Å². The summed E-state index contributed by atoms with van der Waals surface area (Å²) in [6.45, 7) is 2.07. The summed E-state index contributed by atoms with van der Waals surface area (Å²) < 4.78 is 0. The molecular weight excluding hydrogens is 362 g/mol. The average Bonchev–Trinajstić information content (AvgIpc) is 3.04. The van der Waals surface area contributed by atoms with Gasteiger partial charge in [0, 0.05) is 12.0 Å². The number of nitrogens with zero attached hydrogens (tertiary/aromatic N) is 3. The van der Waals surface area contributed by atoms with Gasteiger partial charge in [0.1, 0.15) is 11.4 Å². The number of isocyanates is 3. The molecule has 0 spiro atoms. The minimum atomic E-state index is 0.333. The molecule has 1 aliphatic carbocycles. The third-order valence-electron chi connectivity index (χ3n) is 4.42. The number of aryl methyl sites for hydroxylation is 1. The lowest BCUT2D eigenvalue weighted by Crippen LogP contribution is -1.94. The molecule has 0 aliphatic heterocycles. The van der Waals surface area contributed by atoms with Gasteiger partial charge in [0.15, 0.2) is 0 Å². The van der Waals surface area contributed by atoms with E-state index in [-0.39, 0.29) is 0 Å². The second-order valence-corrected chi connectivity index (χ2v) is 7.20. The van der Waals surface area contributed by atoms with Crippen LogP contribution >= 0.6 is 11.8 Å². The van der Waals surface area contributed by atoms with Gasteiger partial charge < -0.3 is 0 Å². The molecule has 0 heterocycles. The molecule has 2 aromatic rings. The number of carbonyl (C=O) groups excluding carboxylic acids is 3. The first kappa shape index (κ1) is 18.7. The number of rotatable bonds is 7. The lowest BCUT2D eigenvalue weighted by Gasteiger charge is -2.12. The van der Waals surface area contributed by atoms with E-state index < -0.39 is 0 Å². The lowest BCUT2D eigenvalue weighted by atomic mass is 9.97. The third-order valence-corrected chi connectivity index (χ3v) is 5.33. The highest BCUT2D eigenvalue weighted by Crippen LogP contribution is 2.50. The van der Waals surface area contributed by atoms with Crippen molar-refractivity contribution in [1.29, 1.82) is 0 Å². The summed E-state index contributed by atoms with van der Waals surface area (Å²) in [4.78, 5) is 44.3. The molecular formula is C20H15N3O3S. The van der Waals surface area contributed by atoms with Crippen LogP contribution in [0.1, 0.15) is 23.6 Å². The van der Waals surface area contributed by atoms with Crippen LogP contribution in [0.15, 0.2) is 39.2 Å². The van der Waals surface area contributed by atoms with Crippen molar-refractivity contribution in [2.24, 2.45) is 15.0 Å². The fraction of sp³-hybridized carbons (Fsp3) is 0.250. The summed E-state index contributed by atoms with van der Waals surface area (Å²) in [5, 5.41) is 0. The fourth-order valence-corrected chi connectivity index (χ4v) is 4.04. The molecule has 134 valence electrons. The van der Waals surface area contributed by atoms with E-state index >= 15 is 0 Å². The first-order valence-electron chi connectivity index (χ1n) is 8.37. The maximum absolute atomic E-state index is 11.0. The summed E-state index contributed by atoms with van der Waals surface area (Å²) in [7, 11) is 0. The van der Waals surface area contributed by atoms with Crippen LogP contribution < -0.4 is 0 Å². The Morgan fingerprint density at radius 2 is 1.78 bits per heavy atom. The molecule has 27 heavy (non-hydrogen) atoms. The standard InChI is InChI=1S/C20H15N3O3S/c1-2-27-7-6-14-9-15-16(20(23-12-26)19(14)22-11-25)8-13-4-3-5-17(18(13)15)21-10-24/h3-5,9H,2,6-8H2,1H3. The highest BCUT2D eigenvalue weighted by atomic mass is 32.2. The zero-order chi connectivity index (χ0) is 19.2. The Morgan fingerprint density at radius 1 is 1.04 bits per heavy atom. The molecule has 0 fully saturated rings. The molecule has 1 aliphatic rings. The zero-order valence-electron chi connectivity index (χ0n) is 14.6. The molecule has 0 saturated heterocycles. The molecule has 6 nitrogen and oxygen atoms in total. The van der Waals surface area contributed by atoms with Crippen molar-refractivity contribution in [3.63, 3.8) is 0 Å². The number of aliphatic imine (C=N–C) groups is 3. The first-order chi connectivity index (χ1) is 13.2. The maximum Gasteiger partial charge on any atom is 0.240 e. The van der Waals surface area contributed by atoms with E-state index in [1.54, 1.807) is 36.1 Å². The van der Waals surface area contributed by atoms with Gasteiger partial charge >= 0.3 is 0 Å². The lowest BCUT2D eigenvalue weighted by molar-refractivity contribution is 0.564. The number of hydrogen-bond donors (Lipinski definition) is 0. The molecule has 3 rings (SSSR count). The molecule has 7 heteroatoms. The Bertz CT molecular complexity index is 1040. The van der Waals surface area contributed by atoms with Crippen LogP contribution in [-0.2, 0) is 27.2 Å². The molecule has 0 N–H and O–H groups in total. The highest BCUT2D eigenvalue weighted by molar-refractivity contribution is 7.99. The summed E-state index contributed by atoms with van der Waals surface area (Å²) in [6, 6.07) is 7.43.